The van der Waals surface area contributed by atoms with E-state index in [1.54, 1.807) is 19.4 Å². The van der Waals surface area contributed by atoms with Gasteiger partial charge in [0.1, 0.15) is 21.0 Å². The Morgan fingerprint density at radius 3 is 2.73 bits per heavy atom. The summed E-state index contributed by atoms with van der Waals surface area (Å²) < 4.78 is 5.15. The Morgan fingerprint density at radius 1 is 1.12 bits per heavy atom. The van der Waals surface area contributed by atoms with Crippen molar-refractivity contribution in [1.82, 2.24) is 19.9 Å². The molecular weight excluding hydrogens is 348 g/mol. The maximum atomic E-state index is 11.1. The second-order valence-corrected chi connectivity index (χ2v) is 7.11. The van der Waals surface area contributed by atoms with Crippen LogP contribution in [-0.4, -0.2) is 33.3 Å². The summed E-state index contributed by atoms with van der Waals surface area (Å²) in [5.41, 5.74) is 6.56. The number of benzene rings is 1. The quantitative estimate of drug-likeness (QED) is 0.512. The molecule has 0 bridgehead atoms. The average Bonchev–Trinajstić information content (AvgIpc) is 3.05. The molecule has 0 aliphatic carbocycles. The van der Waals surface area contributed by atoms with Crippen molar-refractivity contribution < 1.29 is 9.53 Å². The van der Waals surface area contributed by atoms with Crippen molar-refractivity contribution in [2.24, 2.45) is 0 Å². The minimum Gasteiger partial charge on any atom is -0.378 e. The zero-order valence-electron chi connectivity index (χ0n) is 14.6. The van der Waals surface area contributed by atoms with Crippen LogP contribution in [0.1, 0.15) is 27.3 Å². The summed E-state index contributed by atoms with van der Waals surface area (Å²) in [4.78, 5) is 30.2. The third-order valence-corrected chi connectivity index (χ3v) is 5.04. The van der Waals surface area contributed by atoms with Crippen LogP contribution in [-0.2, 0) is 11.3 Å². The lowest BCUT2D eigenvalue weighted by atomic mass is 10.1. The fourth-order valence-electron chi connectivity index (χ4n) is 2.94. The van der Waals surface area contributed by atoms with E-state index >= 15 is 0 Å². The molecule has 0 radical (unpaired) electrons. The normalized spacial score (nSPS) is 11.3. The van der Waals surface area contributed by atoms with Gasteiger partial charge in [-0.25, -0.2) is 15.0 Å². The Kier molecular flexibility index (Phi) is 4.18. The van der Waals surface area contributed by atoms with Gasteiger partial charge >= 0.3 is 0 Å². The van der Waals surface area contributed by atoms with Crippen LogP contribution in [0.2, 0.25) is 0 Å². The Labute approximate surface area is 153 Å². The number of rotatable bonds is 4. The highest BCUT2D eigenvalue weighted by Crippen LogP contribution is 2.34. The van der Waals surface area contributed by atoms with Crippen molar-refractivity contribution in [2.75, 3.05) is 7.11 Å². The van der Waals surface area contributed by atoms with Gasteiger partial charge in [0, 0.05) is 12.7 Å². The molecule has 0 aliphatic rings. The average molecular weight is 364 g/mol. The standard InChI is InChI=1S/C19H16N4O2S/c1-10-4-14(17-15(5-10)21-13(7-20-17)9-25-3)18-23-16-11(2)6-12(8-24)22-19(16)26-18/h4-8H,9H2,1-3H3. The van der Waals surface area contributed by atoms with E-state index in [2.05, 4.69) is 21.0 Å². The highest BCUT2D eigenvalue weighted by molar-refractivity contribution is 7.21. The number of carbonyl (C=O) groups is 1. The predicted octanol–water partition coefficient (Wildman–Crippen LogP) is 3.88. The van der Waals surface area contributed by atoms with E-state index in [4.69, 9.17) is 9.72 Å². The van der Waals surface area contributed by atoms with Crippen LogP contribution in [0.3, 0.4) is 0 Å². The van der Waals surface area contributed by atoms with E-state index in [-0.39, 0.29) is 0 Å². The van der Waals surface area contributed by atoms with Gasteiger partial charge in [0.25, 0.3) is 0 Å². The molecule has 3 heterocycles. The first-order valence-electron chi connectivity index (χ1n) is 8.08. The largest absolute Gasteiger partial charge is 0.378 e. The highest BCUT2D eigenvalue weighted by Gasteiger charge is 2.15. The zero-order valence-corrected chi connectivity index (χ0v) is 15.4. The molecule has 3 aromatic heterocycles. The Hall–Kier alpha value is -2.77. The molecular formula is C19H16N4O2S. The van der Waals surface area contributed by atoms with Gasteiger partial charge in [-0.05, 0) is 43.2 Å². The number of hydrogen-bond acceptors (Lipinski definition) is 7. The van der Waals surface area contributed by atoms with E-state index in [1.807, 2.05) is 19.9 Å². The number of aldehydes is 1. The van der Waals surface area contributed by atoms with Gasteiger partial charge in [-0.3, -0.25) is 9.78 Å². The third kappa shape index (κ3) is 2.85. The number of hydrogen-bond donors (Lipinski definition) is 0. The first kappa shape index (κ1) is 16.7. The molecule has 0 atom stereocenters. The molecule has 0 aliphatic heterocycles. The lowest BCUT2D eigenvalue weighted by Gasteiger charge is -2.06. The number of aromatic nitrogens is 4. The zero-order chi connectivity index (χ0) is 18.3. The Balaban J connectivity index is 1.94. The van der Waals surface area contributed by atoms with Gasteiger partial charge in [-0.1, -0.05) is 11.3 Å². The molecule has 4 rings (SSSR count). The maximum Gasteiger partial charge on any atom is 0.168 e. The number of aryl methyl sites for hydroxylation is 2. The molecule has 0 unspecified atom stereocenters. The van der Waals surface area contributed by atoms with Gasteiger partial charge in [0.05, 0.1) is 29.5 Å². The third-order valence-electron chi connectivity index (χ3n) is 4.06. The predicted molar refractivity (Wildman–Crippen MR) is 102 cm³/mol. The van der Waals surface area contributed by atoms with E-state index in [1.165, 1.54) is 11.3 Å². The second-order valence-electron chi connectivity index (χ2n) is 6.13. The minimum absolute atomic E-state index is 0.420. The van der Waals surface area contributed by atoms with Crippen LogP contribution in [0.25, 0.3) is 32.0 Å². The first-order valence-corrected chi connectivity index (χ1v) is 8.89. The van der Waals surface area contributed by atoms with Crippen LogP contribution in [0.5, 0.6) is 0 Å². The molecule has 26 heavy (non-hydrogen) atoms. The molecule has 0 spiro atoms. The summed E-state index contributed by atoms with van der Waals surface area (Å²) >= 11 is 1.46. The molecule has 4 aromatic rings. The smallest absolute Gasteiger partial charge is 0.168 e. The fraction of sp³-hybridized carbons (Fsp3) is 0.211. The van der Waals surface area contributed by atoms with Crippen LogP contribution < -0.4 is 0 Å². The summed E-state index contributed by atoms with van der Waals surface area (Å²) in [7, 11) is 1.64. The molecule has 130 valence electrons. The molecule has 6 nitrogen and oxygen atoms in total. The number of thiazole rings is 1. The van der Waals surface area contributed by atoms with Gasteiger partial charge < -0.3 is 4.74 Å². The SMILES string of the molecule is COCc1cnc2c(-c3nc4c(C)cc(C=O)nc4s3)cc(C)cc2n1. The number of fused-ring (bicyclic) bond motifs is 2. The second kappa shape index (κ2) is 6.51. The molecule has 0 fully saturated rings. The molecule has 7 heteroatoms. The molecule has 1 aromatic carbocycles. The number of pyridine rings is 1. The van der Waals surface area contributed by atoms with Gasteiger partial charge in [0.15, 0.2) is 6.29 Å². The van der Waals surface area contributed by atoms with Gasteiger partial charge in [-0.15, -0.1) is 0 Å². The first-order chi connectivity index (χ1) is 12.6. The molecule has 0 amide bonds. The summed E-state index contributed by atoms with van der Waals surface area (Å²) in [5.74, 6) is 0. The summed E-state index contributed by atoms with van der Waals surface area (Å²) in [6, 6.07) is 5.82. The van der Waals surface area contributed by atoms with Crippen molar-refractivity contribution in [3.05, 3.63) is 46.9 Å². The highest BCUT2D eigenvalue weighted by atomic mass is 32.1. The van der Waals surface area contributed by atoms with Crippen LogP contribution in [0.4, 0.5) is 0 Å². The molecule has 0 N–H and O–H groups in total. The monoisotopic (exact) mass is 364 g/mol. The van der Waals surface area contributed by atoms with E-state index < -0.39 is 0 Å². The van der Waals surface area contributed by atoms with Crippen molar-refractivity contribution in [1.29, 1.82) is 0 Å². The number of carbonyl (C=O) groups excluding carboxylic acids is 1. The number of methoxy groups -OCH3 is 1. The molecule has 0 saturated heterocycles. The van der Waals surface area contributed by atoms with E-state index in [0.29, 0.717) is 12.3 Å². The Bertz CT molecular complexity index is 1150. The number of ether oxygens (including phenoxy) is 1. The van der Waals surface area contributed by atoms with Crippen molar-refractivity contribution in [3.63, 3.8) is 0 Å². The van der Waals surface area contributed by atoms with Crippen molar-refractivity contribution in [2.45, 2.75) is 20.5 Å². The van der Waals surface area contributed by atoms with E-state index in [9.17, 15) is 4.79 Å². The summed E-state index contributed by atoms with van der Waals surface area (Å²) in [6.07, 6.45) is 2.49. The summed E-state index contributed by atoms with van der Waals surface area (Å²) in [5, 5.41) is 0.821. The number of nitrogens with zero attached hydrogens (tertiary/aromatic N) is 4. The molecule has 0 saturated carbocycles. The lowest BCUT2D eigenvalue weighted by molar-refractivity contribution is 0.111. The fourth-order valence-corrected chi connectivity index (χ4v) is 3.98. The lowest BCUT2D eigenvalue weighted by Crippen LogP contribution is -1.96. The minimum atomic E-state index is 0.420. The van der Waals surface area contributed by atoms with Gasteiger partial charge in [0.2, 0.25) is 0 Å². The topological polar surface area (TPSA) is 77.9 Å². The summed E-state index contributed by atoms with van der Waals surface area (Å²) in [6.45, 7) is 4.38. The van der Waals surface area contributed by atoms with Crippen molar-refractivity contribution >= 4 is 39.0 Å². The van der Waals surface area contributed by atoms with Gasteiger partial charge in [-0.2, -0.15) is 0 Å². The van der Waals surface area contributed by atoms with Crippen LogP contribution in [0, 0.1) is 13.8 Å². The van der Waals surface area contributed by atoms with E-state index in [0.717, 1.165) is 55.1 Å². The van der Waals surface area contributed by atoms with Crippen LogP contribution >= 0.6 is 11.3 Å². The maximum absolute atomic E-state index is 11.1. The van der Waals surface area contributed by atoms with Crippen LogP contribution in [0.15, 0.2) is 24.4 Å². The Morgan fingerprint density at radius 2 is 1.96 bits per heavy atom. The van der Waals surface area contributed by atoms with Crippen molar-refractivity contribution in [3.8, 4) is 10.6 Å².